The number of carbonyl (C=O) groups excluding carboxylic acids is 2. The van der Waals surface area contributed by atoms with Gasteiger partial charge in [0.1, 0.15) is 10.8 Å². The third-order valence-electron chi connectivity index (χ3n) is 5.69. The van der Waals surface area contributed by atoms with Gasteiger partial charge in [0.25, 0.3) is 11.8 Å². The molecule has 0 aliphatic carbocycles. The van der Waals surface area contributed by atoms with Gasteiger partial charge in [0.05, 0.1) is 22.8 Å². The number of amides is 2. The first-order chi connectivity index (χ1) is 16.9. The summed E-state index contributed by atoms with van der Waals surface area (Å²) in [6.07, 6.45) is 1.74. The summed E-state index contributed by atoms with van der Waals surface area (Å²) < 4.78 is 13.6. The summed E-state index contributed by atoms with van der Waals surface area (Å²) in [6.45, 7) is 2.08. The predicted molar refractivity (Wildman–Crippen MR) is 136 cm³/mol. The molecule has 0 bridgehead atoms. The minimum atomic E-state index is -0.493. The second kappa shape index (κ2) is 9.52. The molecule has 8 heteroatoms. The number of nitrogens with one attached hydrogen (secondary N) is 1. The van der Waals surface area contributed by atoms with Crippen LogP contribution in [0.1, 0.15) is 31.8 Å². The summed E-state index contributed by atoms with van der Waals surface area (Å²) >= 11 is 8.04. The van der Waals surface area contributed by atoms with Gasteiger partial charge in [-0.3, -0.25) is 9.59 Å². The maximum atomic E-state index is 13.7. The molecule has 5 nitrogen and oxygen atoms in total. The van der Waals surface area contributed by atoms with Crippen LogP contribution in [-0.2, 0) is 6.54 Å². The minimum Gasteiger partial charge on any atom is -0.322 e. The van der Waals surface area contributed by atoms with E-state index in [1.54, 1.807) is 36.2 Å². The topological polar surface area (TPSA) is 62.3 Å². The van der Waals surface area contributed by atoms with Crippen LogP contribution >= 0.6 is 23.4 Å². The van der Waals surface area contributed by atoms with Crippen LogP contribution in [-0.4, -0.2) is 16.8 Å². The van der Waals surface area contributed by atoms with Crippen molar-refractivity contribution in [3.05, 3.63) is 112 Å². The van der Waals surface area contributed by atoms with E-state index in [1.165, 1.54) is 30.0 Å². The molecule has 174 valence electrons. The molecule has 5 rings (SSSR count). The Morgan fingerprint density at radius 1 is 1.03 bits per heavy atom. The van der Waals surface area contributed by atoms with Gasteiger partial charge in [-0.2, -0.15) is 0 Å². The summed E-state index contributed by atoms with van der Waals surface area (Å²) in [5.74, 6) is -1.22. The van der Waals surface area contributed by atoms with Crippen molar-refractivity contribution in [1.82, 2.24) is 4.98 Å². The Morgan fingerprint density at radius 2 is 1.86 bits per heavy atom. The highest BCUT2D eigenvalue weighted by molar-refractivity contribution is 7.99. The zero-order chi connectivity index (χ0) is 24.5. The molecule has 4 aromatic rings. The molecular formula is C27H19ClFN3O2S. The molecular weight excluding hydrogens is 485 g/mol. The van der Waals surface area contributed by atoms with Crippen LogP contribution in [0.25, 0.3) is 0 Å². The van der Waals surface area contributed by atoms with E-state index in [0.29, 0.717) is 23.4 Å². The van der Waals surface area contributed by atoms with E-state index in [0.717, 1.165) is 21.2 Å². The lowest BCUT2D eigenvalue weighted by Gasteiger charge is -2.23. The van der Waals surface area contributed by atoms with Gasteiger partial charge in [-0.1, -0.05) is 47.6 Å². The number of aromatic nitrogens is 1. The number of pyridine rings is 1. The Kier molecular flexibility index (Phi) is 6.28. The molecule has 0 saturated carbocycles. The van der Waals surface area contributed by atoms with Crippen LogP contribution in [0.3, 0.4) is 0 Å². The molecule has 0 saturated heterocycles. The molecule has 0 spiro atoms. The molecule has 2 heterocycles. The monoisotopic (exact) mass is 503 g/mol. The van der Waals surface area contributed by atoms with Crippen molar-refractivity contribution in [2.45, 2.75) is 23.4 Å². The van der Waals surface area contributed by atoms with Crippen LogP contribution in [0.15, 0.2) is 88.9 Å². The van der Waals surface area contributed by atoms with Crippen LogP contribution in [0.2, 0.25) is 5.02 Å². The molecule has 1 aromatic heterocycles. The molecule has 1 aliphatic rings. The second-order valence-electron chi connectivity index (χ2n) is 8.04. The van der Waals surface area contributed by atoms with E-state index in [1.807, 2.05) is 36.4 Å². The Morgan fingerprint density at radius 3 is 2.69 bits per heavy atom. The first-order valence-corrected chi connectivity index (χ1v) is 12.0. The van der Waals surface area contributed by atoms with Gasteiger partial charge in [0.2, 0.25) is 0 Å². The van der Waals surface area contributed by atoms with Gasteiger partial charge >= 0.3 is 0 Å². The maximum Gasteiger partial charge on any atom is 0.260 e. The number of carbonyl (C=O) groups is 2. The molecule has 1 N–H and O–H groups in total. The van der Waals surface area contributed by atoms with Gasteiger partial charge in [0, 0.05) is 27.9 Å². The molecule has 0 atom stereocenters. The van der Waals surface area contributed by atoms with Gasteiger partial charge in [-0.05, 0) is 61.0 Å². The number of rotatable bonds is 3. The smallest absolute Gasteiger partial charge is 0.260 e. The normalized spacial score (nSPS) is 12.4. The Hall–Kier alpha value is -3.68. The van der Waals surface area contributed by atoms with Gasteiger partial charge in [0.15, 0.2) is 0 Å². The summed E-state index contributed by atoms with van der Waals surface area (Å²) in [6, 6.07) is 20.2. The second-order valence-corrected chi connectivity index (χ2v) is 9.47. The standard InChI is InChI=1S/C27H19ClFN3O2S/c1-16-8-9-18(29)13-21(16)25(33)31-19-10-11-20(22(28)14-19)27(34)32-15-17-5-4-12-30-26(17)35-24-7-3-2-6-23(24)32/h2-14H,15H2,1H3,(H,31,33). The first kappa shape index (κ1) is 23.1. The SMILES string of the molecule is Cc1ccc(F)cc1C(=O)Nc1ccc(C(=O)N2Cc3cccnc3Sc3ccccc32)c(Cl)c1. The van der Waals surface area contributed by atoms with Crippen molar-refractivity contribution in [3.63, 3.8) is 0 Å². The molecule has 0 fully saturated rings. The van der Waals surface area contributed by atoms with Gasteiger partial charge < -0.3 is 10.2 Å². The quantitative estimate of drug-likeness (QED) is 0.336. The molecule has 35 heavy (non-hydrogen) atoms. The fourth-order valence-corrected chi connectivity index (χ4v) is 5.17. The van der Waals surface area contributed by atoms with Crippen molar-refractivity contribution in [2.24, 2.45) is 0 Å². The minimum absolute atomic E-state index is 0.199. The van der Waals surface area contributed by atoms with E-state index in [9.17, 15) is 14.0 Å². The van der Waals surface area contributed by atoms with E-state index in [-0.39, 0.29) is 16.5 Å². The average molecular weight is 504 g/mol. The highest BCUT2D eigenvalue weighted by Gasteiger charge is 2.27. The number of benzene rings is 3. The lowest BCUT2D eigenvalue weighted by Crippen LogP contribution is -2.30. The highest BCUT2D eigenvalue weighted by Crippen LogP contribution is 2.41. The van der Waals surface area contributed by atoms with Crippen LogP contribution < -0.4 is 10.2 Å². The largest absolute Gasteiger partial charge is 0.322 e. The van der Waals surface area contributed by atoms with E-state index in [4.69, 9.17) is 11.6 Å². The Balaban J connectivity index is 1.44. The third kappa shape index (κ3) is 4.65. The fourth-order valence-electron chi connectivity index (χ4n) is 3.89. The van der Waals surface area contributed by atoms with Crippen molar-refractivity contribution in [3.8, 4) is 0 Å². The summed E-state index contributed by atoms with van der Waals surface area (Å²) in [5, 5.41) is 3.78. The van der Waals surface area contributed by atoms with Crippen molar-refractivity contribution in [2.75, 3.05) is 10.2 Å². The summed E-state index contributed by atoms with van der Waals surface area (Å²) in [4.78, 5) is 33.4. The fraction of sp³-hybridized carbons (Fsp3) is 0.0741. The number of halogens is 2. The first-order valence-electron chi connectivity index (χ1n) is 10.8. The van der Waals surface area contributed by atoms with E-state index in [2.05, 4.69) is 10.3 Å². The lowest BCUT2D eigenvalue weighted by atomic mass is 10.1. The molecule has 0 radical (unpaired) electrons. The molecule has 3 aromatic carbocycles. The predicted octanol–water partition coefficient (Wildman–Crippen LogP) is 6.75. The van der Waals surface area contributed by atoms with E-state index >= 15 is 0 Å². The lowest BCUT2D eigenvalue weighted by molar-refractivity contribution is 0.0983. The van der Waals surface area contributed by atoms with E-state index < -0.39 is 11.7 Å². The highest BCUT2D eigenvalue weighted by atomic mass is 35.5. The molecule has 0 unspecified atom stereocenters. The third-order valence-corrected chi connectivity index (χ3v) is 7.13. The molecule has 1 aliphatic heterocycles. The van der Waals surface area contributed by atoms with Crippen molar-refractivity contribution in [1.29, 1.82) is 0 Å². The van der Waals surface area contributed by atoms with Crippen molar-refractivity contribution < 1.29 is 14.0 Å². The number of para-hydroxylation sites is 1. The molecule has 2 amide bonds. The van der Waals surface area contributed by atoms with Crippen LogP contribution in [0.4, 0.5) is 15.8 Å². The van der Waals surface area contributed by atoms with Crippen molar-refractivity contribution >= 4 is 46.6 Å². The number of hydrogen-bond donors (Lipinski definition) is 1. The van der Waals surface area contributed by atoms with Gasteiger partial charge in [-0.25, -0.2) is 9.37 Å². The summed E-state index contributed by atoms with van der Waals surface area (Å²) in [7, 11) is 0. The average Bonchev–Trinajstić information content (AvgIpc) is 3.02. The zero-order valence-electron chi connectivity index (χ0n) is 18.6. The number of anilines is 2. The number of hydrogen-bond acceptors (Lipinski definition) is 4. The number of fused-ring (bicyclic) bond motifs is 2. The van der Waals surface area contributed by atoms with Crippen LogP contribution in [0, 0.1) is 12.7 Å². The Bertz CT molecular complexity index is 1480. The van der Waals surface area contributed by atoms with Crippen LogP contribution in [0.5, 0.6) is 0 Å². The number of nitrogens with zero attached hydrogens (tertiary/aromatic N) is 2. The zero-order valence-corrected chi connectivity index (χ0v) is 20.2. The maximum absolute atomic E-state index is 13.7. The summed E-state index contributed by atoms with van der Waals surface area (Å²) in [5.41, 5.74) is 3.30. The Labute approximate surface area is 211 Å². The van der Waals surface area contributed by atoms with Gasteiger partial charge in [-0.15, -0.1) is 0 Å². The number of aryl methyl sites for hydroxylation is 1.